The van der Waals surface area contributed by atoms with Crippen LogP contribution in [0.15, 0.2) is 12.2 Å². The molecule has 2 heteroatoms. The fraction of sp³-hybridized carbons (Fsp3) is 0.833. The molecule has 0 spiro atoms. The zero-order chi connectivity index (χ0) is 15.4. The van der Waals surface area contributed by atoms with Gasteiger partial charge in [-0.2, -0.15) is 0 Å². The van der Waals surface area contributed by atoms with Gasteiger partial charge in [-0.25, -0.2) is 4.79 Å². The van der Waals surface area contributed by atoms with Crippen LogP contribution in [0.25, 0.3) is 0 Å². The average molecular weight is 282 g/mol. The van der Waals surface area contributed by atoms with Crippen LogP contribution in [0.5, 0.6) is 0 Å². The first-order chi connectivity index (χ1) is 9.39. The van der Waals surface area contributed by atoms with Gasteiger partial charge in [-0.3, -0.25) is 4.48 Å². The largest absolute Gasteiger partial charge is 0.340 e. The standard InChI is InChI=1S/C18H36NO/c1-6-7-8-9-10-11-12-13-14-15-16-17(2)18(20)19(3,4)5/h2,6-16H2,1,3-5H3/q+1. The van der Waals surface area contributed by atoms with Crippen LogP contribution in [0.2, 0.25) is 0 Å². The summed E-state index contributed by atoms with van der Waals surface area (Å²) in [5, 5.41) is 0. The van der Waals surface area contributed by atoms with Crippen LogP contribution in [0.3, 0.4) is 0 Å². The third-order valence-corrected chi connectivity index (χ3v) is 3.74. The number of carbonyl (C=O) groups excluding carboxylic acids is 1. The van der Waals surface area contributed by atoms with Gasteiger partial charge in [-0.1, -0.05) is 71.3 Å². The number of nitrogens with zero attached hydrogens (tertiary/aromatic N) is 1. The number of hydrogen-bond donors (Lipinski definition) is 0. The molecule has 0 bridgehead atoms. The van der Waals surface area contributed by atoms with E-state index in [0.717, 1.165) is 18.4 Å². The Balaban J connectivity index is 3.40. The second-order valence-corrected chi connectivity index (χ2v) is 6.85. The summed E-state index contributed by atoms with van der Waals surface area (Å²) < 4.78 is 0.358. The second-order valence-electron chi connectivity index (χ2n) is 6.85. The average Bonchev–Trinajstić information content (AvgIpc) is 2.38. The van der Waals surface area contributed by atoms with Crippen LogP contribution in [0.1, 0.15) is 77.6 Å². The van der Waals surface area contributed by atoms with Crippen LogP contribution in [-0.2, 0) is 4.79 Å². The Labute approximate surface area is 126 Å². The Morgan fingerprint density at radius 1 is 0.800 bits per heavy atom. The monoisotopic (exact) mass is 282 g/mol. The van der Waals surface area contributed by atoms with E-state index in [1.807, 2.05) is 21.1 Å². The van der Waals surface area contributed by atoms with E-state index >= 15 is 0 Å². The van der Waals surface area contributed by atoms with Crippen molar-refractivity contribution in [3.63, 3.8) is 0 Å². The minimum Gasteiger partial charge on any atom is -0.264 e. The van der Waals surface area contributed by atoms with E-state index in [1.54, 1.807) is 0 Å². The number of quaternary nitrogens is 1. The summed E-state index contributed by atoms with van der Waals surface area (Å²) in [5.41, 5.74) is 0.789. The number of hydrogen-bond acceptors (Lipinski definition) is 1. The number of unbranched alkanes of at least 4 members (excludes halogenated alkanes) is 9. The first-order valence-electron chi connectivity index (χ1n) is 8.43. The molecule has 2 nitrogen and oxygen atoms in total. The van der Waals surface area contributed by atoms with Gasteiger partial charge in [0.05, 0.1) is 21.1 Å². The summed E-state index contributed by atoms with van der Waals surface area (Å²) in [6.45, 7) is 6.19. The van der Waals surface area contributed by atoms with Crippen molar-refractivity contribution in [3.05, 3.63) is 12.2 Å². The molecule has 0 N–H and O–H groups in total. The van der Waals surface area contributed by atoms with Gasteiger partial charge in [0.25, 0.3) is 0 Å². The van der Waals surface area contributed by atoms with Crippen molar-refractivity contribution in [2.75, 3.05) is 21.1 Å². The smallest absolute Gasteiger partial charge is 0.264 e. The maximum Gasteiger partial charge on any atom is 0.340 e. The Bertz CT molecular complexity index is 276. The highest BCUT2D eigenvalue weighted by molar-refractivity contribution is 5.86. The van der Waals surface area contributed by atoms with Crippen molar-refractivity contribution in [1.29, 1.82) is 0 Å². The molecule has 0 fully saturated rings. The summed E-state index contributed by atoms with van der Waals surface area (Å²) >= 11 is 0. The second kappa shape index (κ2) is 11.1. The molecule has 0 radical (unpaired) electrons. The maximum atomic E-state index is 11.9. The number of rotatable bonds is 12. The molecule has 20 heavy (non-hydrogen) atoms. The van der Waals surface area contributed by atoms with Gasteiger partial charge in [0, 0.05) is 5.57 Å². The minimum atomic E-state index is 0.168. The van der Waals surface area contributed by atoms with Crippen LogP contribution in [0.4, 0.5) is 0 Å². The van der Waals surface area contributed by atoms with Crippen molar-refractivity contribution in [2.45, 2.75) is 77.6 Å². The van der Waals surface area contributed by atoms with Gasteiger partial charge in [0.2, 0.25) is 0 Å². The van der Waals surface area contributed by atoms with E-state index in [2.05, 4.69) is 13.5 Å². The first-order valence-corrected chi connectivity index (χ1v) is 8.43. The van der Waals surface area contributed by atoms with Gasteiger partial charge in [-0.15, -0.1) is 0 Å². The highest BCUT2D eigenvalue weighted by Gasteiger charge is 2.22. The molecule has 0 saturated carbocycles. The molecule has 0 atom stereocenters. The van der Waals surface area contributed by atoms with Crippen molar-refractivity contribution in [3.8, 4) is 0 Å². The molecular formula is C18H36NO+. The number of likely N-dealkylation sites (N-methyl/N-ethyl adjacent to an activating group) is 1. The van der Waals surface area contributed by atoms with Crippen molar-refractivity contribution in [1.82, 2.24) is 0 Å². The minimum absolute atomic E-state index is 0.168. The van der Waals surface area contributed by atoms with Crippen LogP contribution in [-0.4, -0.2) is 31.5 Å². The molecule has 0 rings (SSSR count). The fourth-order valence-electron chi connectivity index (χ4n) is 2.41. The van der Waals surface area contributed by atoms with E-state index in [-0.39, 0.29) is 5.91 Å². The zero-order valence-electron chi connectivity index (χ0n) is 14.3. The van der Waals surface area contributed by atoms with Crippen molar-refractivity contribution >= 4 is 5.91 Å². The summed E-state index contributed by atoms with van der Waals surface area (Å²) in [4.78, 5) is 11.9. The maximum absolute atomic E-state index is 11.9. The Hall–Kier alpha value is -0.630. The van der Waals surface area contributed by atoms with Gasteiger partial charge in [0.15, 0.2) is 0 Å². The molecule has 0 aliphatic carbocycles. The first kappa shape index (κ1) is 19.4. The third kappa shape index (κ3) is 10.2. The molecule has 0 heterocycles. The van der Waals surface area contributed by atoms with Gasteiger partial charge < -0.3 is 0 Å². The molecule has 118 valence electrons. The highest BCUT2D eigenvalue weighted by atomic mass is 16.2. The summed E-state index contributed by atoms with van der Waals surface area (Å²) in [7, 11) is 5.73. The van der Waals surface area contributed by atoms with E-state index < -0.39 is 0 Å². The quantitative estimate of drug-likeness (QED) is 0.277. The topological polar surface area (TPSA) is 17.1 Å². The van der Waals surface area contributed by atoms with Crippen LogP contribution >= 0.6 is 0 Å². The molecular weight excluding hydrogens is 246 g/mol. The lowest BCUT2D eigenvalue weighted by Crippen LogP contribution is -2.41. The predicted octanol–water partition coefficient (Wildman–Crippen LogP) is 5.09. The van der Waals surface area contributed by atoms with Crippen molar-refractivity contribution in [2.24, 2.45) is 0 Å². The Kier molecular flexibility index (Phi) is 10.7. The summed E-state index contributed by atoms with van der Waals surface area (Å²) in [5.74, 6) is 0.168. The Morgan fingerprint density at radius 2 is 1.20 bits per heavy atom. The molecule has 0 unspecified atom stereocenters. The van der Waals surface area contributed by atoms with Crippen LogP contribution in [0, 0.1) is 0 Å². The summed E-state index contributed by atoms with van der Waals surface area (Å²) in [6, 6.07) is 0. The van der Waals surface area contributed by atoms with E-state index in [0.29, 0.717) is 4.48 Å². The molecule has 0 aliphatic rings. The van der Waals surface area contributed by atoms with E-state index in [9.17, 15) is 4.79 Å². The Morgan fingerprint density at radius 3 is 1.60 bits per heavy atom. The lowest BCUT2D eigenvalue weighted by atomic mass is 10.0. The van der Waals surface area contributed by atoms with E-state index in [4.69, 9.17) is 0 Å². The third-order valence-electron chi connectivity index (χ3n) is 3.74. The molecule has 0 aromatic carbocycles. The van der Waals surface area contributed by atoms with E-state index in [1.165, 1.54) is 57.8 Å². The predicted molar refractivity (Wildman–Crippen MR) is 88.6 cm³/mol. The van der Waals surface area contributed by atoms with Gasteiger partial charge in [-0.05, 0) is 12.8 Å². The summed E-state index contributed by atoms with van der Waals surface area (Å²) in [6.07, 6.45) is 14.2. The van der Waals surface area contributed by atoms with Crippen molar-refractivity contribution < 1.29 is 9.28 Å². The van der Waals surface area contributed by atoms with Gasteiger partial charge in [0.1, 0.15) is 0 Å². The lowest BCUT2D eigenvalue weighted by Gasteiger charge is -2.21. The molecule has 0 saturated heterocycles. The normalized spacial score (nSPS) is 11.6. The number of carbonyl (C=O) groups is 1. The molecule has 0 aromatic rings. The van der Waals surface area contributed by atoms with Gasteiger partial charge >= 0.3 is 5.91 Å². The SMILES string of the molecule is C=C(CCCCCCCCCCCC)C(=O)[N+](C)(C)C. The fourth-order valence-corrected chi connectivity index (χ4v) is 2.41. The molecule has 0 aromatic heterocycles. The number of amides is 1. The van der Waals surface area contributed by atoms with Crippen LogP contribution < -0.4 is 0 Å². The zero-order valence-corrected chi connectivity index (χ0v) is 14.3. The lowest BCUT2D eigenvalue weighted by molar-refractivity contribution is -0.789. The molecule has 0 aliphatic heterocycles. The highest BCUT2D eigenvalue weighted by Crippen LogP contribution is 2.14. The molecule has 1 amide bonds.